The predicted molar refractivity (Wildman–Crippen MR) is 75.5 cm³/mol. The van der Waals surface area contributed by atoms with Crippen LogP contribution in [0.4, 0.5) is 0 Å². The molecule has 19 heavy (non-hydrogen) atoms. The Hall–Kier alpha value is -1.08. The van der Waals surface area contributed by atoms with Crippen molar-refractivity contribution in [2.45, 2.75) is 11.3 Å². The number of benzene rings is 1. The molecule has 0 saturated carbocycles. The fourth-order valence-corrected chi connectivity index (χ4v) is 2.35. The van der Waals surface area contributed by atoms with E-state index in [1.807, 2.05) is 24.3 Å². The molecule has 0 aliphatic rings. The highest BCUT2D eigenvalue weighted by Gasteiger charge is 2.09. The first kappa shape index (κ1) is 14.3. The summed E-state index contributed by atoms with van der Waals surface area (Å²) in [6.07, 6.45) is -0.433. The standard InChI is InChI=1S/C13H18N2O3S/c1-17-7-6-14-8-10(16)9-19-13-15-11-4-2-3-5-12(11)18-13/h2-5,10,14,16H,6-9H2,1H3. The lowest BCUT2D eigenvalue weighted by Gasteiger charge is -2.09. The lowest BCUT2D eigenvalue weighted by atomic mass is 10.3. The predicted octanol–water partition coefficient (Wildman–Crippen LogP) is 1.52. The van der Waals surface area contributed by atoms with Crippen molar-refractivity contribution in [2.24, 2.45) is 0 Å². The van der Waals surface area contributed by atoms with Gasteiger partial charge in [-0.15, -0.1) is 0 Å². The first-order valence-corrected chi connectivity index (χ1v) is 7.14. The first-order chi connectivity index (χ1) is 9.29. The third-order valence-corrected chi connectivity index (χ3v) is 3.51. The largest absolute Gasteiger partial charge is 0.431 e. The summed E-state index contributed by atoms with van der Waals surface area (Å²) >= 11 is 1.42. The van der Waals surface area contributed by atoms with Gasteiger partial charge in [-0.2, -0.15) is 0 Å². The molecule has 6 heteroatoms. The second-order valence-corrected chi connectivity index (χ2v) is 5.08. The molecule has 0 fully saturated rings. The molecular weight excluding hydrogens is 264 g/mol. The van der Waals surface area contributed by atoms with Crippen LogP contribution >= 0.6 is 11.8 Å². The Morgan fingerprint density at radius 1 is 1.47 bits per heavy atom. The smallest absolute Gasteiger partial charge is 0.256 e. The van der Waals surface area contributed by atoms with Crippen molar-refractivity contribution in [3.05, 3.63) is 24.3 Å². The second-order valence-electron chi connectivity index (χ2n) is 4.11. The Kier molecular flexibility index (Phi) is 5.65. The minimum atomic E-state index is -0.433. The number of aromatic nitrogens is 1. The van der Waals surface area contributed by atoms with E-state index in [0.717, 1.165) is 17.6 Å². The molecule has 104 valence electrons. The Bertz CT molecular complexity index is 470. The summed E-state index contributed by atoms with van der Waals surface area (Å²) < 4.78 is 10.5. The van der Waals surface area contributed by atoms with Gasteiger partial charge in [-0.3, -0.25) is 0 Å². The maximum Gasteiger partial charge on any atom is 0.256 e. The molecule has 1 heterocycles. The van der Waals surface area contributed by atoms with Crippen molar-refractivity contribution in [2.75, 3.05) is 32.6 Å². The van der Waals surface area contributed by atoms with Crippen LogP contribution in [0, 0.1) is 0 Å². The Morgan fingerprint density at radius 3 is 3.11 bits per heavy atom. The molecule has 0 aliphatic heterocycles. The van der Waals surface area contributed by atoms with Crippen molar-refractivity contribution in [1.29, 1.82) is 0 Å². The molecule has 5 nitrogen and oxygen atoms in total. The van der Waals surface area contributed by atoms with Gasteiger partial charge in [0.2, 0.25) is 0 Å². The minimum Gasteiger partial charge on any atom is -0.431 e. The zero-order valence-electron chi connectivity index (χ0n) is 10.8. The average molecular weight is 282 g/mol. The number of aliphatic hydroxyl groups is 1. The third kappa shape index (κ3) is 4.50. The summed E-state index contributed by atoms with van der Waals surface area (Å²) in [6, 6.07) is 7.63. The summed E-state index contributed by atoms with van der Waals surface area (Å²) in [4.78, 5) is 4.34. The van der Waals surface area contributed by atoms with Gasteiger partial charge in [0, 0.05) is 26.0 Å². The first-order valence-electron chi connectivity index (χ1n) is 6.15. The van der Waals surface area contributed by atoms with Crippen molar-refractivity contribution < 1.29 is 14.3 Å². The Balaban J connectivity index is 1.75. The van der Waals surface area contributed by atoms with Crippen LogP contribution in [-0.4, -0.2) is 48.8 Å². The fraction of sp³-hybridized carbons (Fsp3) is 0.462. The van der Waals surface area contributed by atoms with Crippen molar-refractivity contribution in [3.8, 4) is 0 Å². The molecule has 0 spiro atoms. The van der Waals surface area contributed by atoms with E-state index in [0.29, 0.717) is 24.1 Å². The SMILES string of the molecule is COCCNCC(O)CSc1nc2ccccc2o1. The summed E-state index contributed by atoms with van der Waals surface area (Å²) in [5.41, 5.74) is 1.62. The molecule has 1 unspecified atom stereocenters. The van der Waals surface area contributed by atoms with Gasteiger partial charge in [-0.1, -0.05) is 23.9 Å². The zero-order valence-corrected chi connectivity index (χ0v) is 11.7. The number of hydrogen-bond donors (Lipinski definition) is 2. The number of hydrogen-bond acceptors (Lipinski definition) is 6. The minimum absolute atomic E-state index is 0.433. The molecule has 0 aliphatic carbocycles. The second kappa shape index (κ2) is 7.49. The molecule has 2 aromatic rings. The molecule has 1 aromatic heterocycles. The van der Waals surface area contributed by atoms with Crippen LogP contribution in [0.15, 0.2) is 33.9 Å². The molecule has 0 bridgehead atoms. The molecular formula is C13H18N2O3S. The van der Waals surface area contributed by atoms with Crippen LogP contribution in [0.25, 0.3) is 11.1 Å². The summed E-state index contributed by atoms with van der Waals surface area (Å²) in [6.45, 7) is 1.92. The van der Waals surface area contributed by atoms with E-state index in [4.69, 9.17) is 9.15 Å². The monoisotopic (exact) mass is 282 g/mol. The van der Waals surface area contributed by atoms with Gasteiger partial charge < -0.3 is 19.6 Å². The van der Waals surface area contributed by atoms with E-state index >= 15 is 0 Å². The topological polar surface area (TPSA) is 67.5 Å². The maximum atomic E-state index is 9.79. The molecule has 1 aromatic carbocycles. The van der Waals surface area contributed by atoms with E-state index < -0.39 is 6.10 Å². The molecule has 1 atom stereocenters. The number of nitrogens with zero attached hydrogens (tertiary/aromatic N) is 1. The highest BCUT2D eigenvalue weighted by atomic mass is 32.2. The van der Waals surface area contributed by atoms with Crippen LogP contribution < -0.4 is 5.32 Å². The lowest BCUT2D eigenvalue weighted by molar-refractivity contribution is 0.175. The van der Waals surface area contributed by atoms with Crippen LogP contribution in [0.2, 0.25) is 0 Å². The molecule has 0 amide bonds. The lowest BCUT2D eigenvalue weighted by Crippen LogP contribution is -2.30. The van der Waals surface area contributed by atoms with E-state index in [1.165, 1.54) is 11.8 Å². The number of methoxy groups -OCH3 is 1. The normalized spacial score (nSPS) is 12.9. The Labute approximate surface area is 116 Å². The highest BCUT2D eigenvalue weighted by Crippen LogP contribution is 2.23. The number of ether oxygens (including phenoxy) is 1. The van der Waals surface area contributed by atoms with E-state index in [9.17, 15) is 5.11 Å². The van der Waals surface area contributed by atoms with Gasteiger partial charge in [0.25, 0.3) is 5.22 Å². The van der Waals surface area contributed by atoms with Gasteiger partial charge in [-0.05, 0) is 12.1 Å². The number of para-hydroxylation sites is 2. The zero-order chi connectivity index (χ0) is 13.5. The van der Waals surface area contributed by atoms with Crippen LogP contribution in [0.1, 0.15) is 0 Å². The Morgan fingerprint density at radius 2 is 2.32 bits per heavy atom. The number of oxazole rings is 1. The quantitative estimate of drug-likeness (QED) is 0.565. The summed E-state index contributed by atoms with van der Waals surface area (Å²) in [7, 11) is 1.65. The van der Waals surface area contributed by atoms with Gasteiger partial charge in [0.05, 0.1) is 12.7 Å². The van der Waals surface area contributed by atoms with Crippen molar-refractivity contribution >= 4 is 22.9 Å². The number of nitrogens with one attached hydrogen (secondary N) is 1. The number of thioether (sulfide) groups is 1. The van der Waals surface area contributed by atoms with Crippen LogP contribution in [0.3, 0.4) is 0 Å². The van der Waals surface area contributed by atoms with Gasteiger partial charge in [0.15, 0.2) is 5.58 Å². The van der Waals surface area contributed by atoms with E-state index in [1.54, 1.807) is 7.11 Å². The van der Waals surface area contributed by atoms with Crippen LogP contribution in [-0.2, 0) is 4.74 Å². The van der Waals surface area contributed by atoms with Crippen LogP contribution in [0.5, 0.6) is 0 Å². The summed E-state index contributed by atoms with van der Waals surface area (Å²) in [5.74, 6) is 0.548. The third-order valence-electron chi connectivity index (χ3n) is 2.54. The fourth-order valence-electron chi connectivity index (χ4n) is 1.58. The summed E-state index contributed by atoms with van der Waals surface area (Å²) in [5, 5.41) is 13.5. The number of fused-ring (bicyclic) bond motifs is 1. The van der Waals surface area contributed by atoms with Gasteiger partial charge >= 0.3 is 0 Å². The molecule has 2 N–H and O–H groups in total. The van der Waals surface area contributed by atoms with Gasteiger partial charge in [-0.25, -0.2) is 4.98 Å². The number of rotatable bonds is 8. The van der Waals surface area contributed by atoms with E-state index in [-0.39, 0.29) is 0 Å². The van der Waals surface area contributed by atoms with Crippen molar-refractivity contribution in [3.63, 3.8) is 0 Å². The molecule has 0 radical (unpaired) electrons. The molecule has 2 rings (SSSR count). The molecule has 0 saturated heterocycles. The van der Waals surface area contributed by atoms with Crippen molar-refractivity contribution in [1.82, 2.24) is 10.3 Å². The average Bonchev–Trinajstić information content (AvgIpc) is 2.84. The van der Waals surface area contributed by atoms with E-state index in [2.05, 4.69) is 10.3 Å². The highest BCUT2D eigenvalue weighted by molar-refractivity contribution is 7.99. The van der Waals surface area contributed by atoms with Gasteiger partial charge in [0.1, 0.15) is 5.52 Å². The number of aliphatic hydroxyl groups excluding tert-OH is 1. The maximum absolute atomic E-state index is 9.79.